The van der Waals surface area contributed by atoms with Crippen molar-refractivity contribution in [1.29, 1.82) is 0 Å². The molecule has 0 aliphatic rings. The number of carboxylic acids is 1. The number of aliphatic carboxylic acids is 1. The van der Waals surface area contributed by atoms with Crippen LogP contribution in [-0.4, -0.2) is 41.0 Å². The first kappa shape index (κ1) is 19.0. The van der Waals surface area contributed by atoms with E-state index in [1.807, 2.05) is 6.92 Å². The van der Waals surface area contributed by atoms with E-state index in [0.717, 1.165) is 6.07 Å². The molecule has 0 fully saturated rings. The fraction of sp³-hybridized carbons (Fsp3) is 0.467. The number of hydrogen-bond donors (Lipinski definition) is 2. The minimum absolute atomic E-state index is 0.294. The first-order chi connectivity index (χ1) is 10.8. The molecule has 1 aromatic rings. The van der Waals surface area contributed by atoms with Crippen LogP contribution < -0.4 is 5.32 Å². The number of amides is 1. The van der Waals surface area contributed by atoms with Crippen molar-refractivity contribution in [2.45, 2.75) is 32.7 Å². The number of benzene rings is 1. The van der Waals surface area contributed by atoms with Crippen LogP contribution in [0.15, 0.2) is 12.1 Å². The molecule has 2 N–H and O–H groups in total. The van der Waals surface area contributed by atoms with Crippen LogP contribution in [0.1, 0.15) is 26.7 Å². The molecule has 0 spiro atoms. The molecule has 0 heterocycles. The largest absolute Gasteiger partial charge is 0.480 e. The molecule has 1 rings (SSSR count). The Bertz CT molecular complexity index is 581. The smallest absolute Gasteiger partial charge is 0.320 e. The second-order valence-corrected chi connectivity index (χ2v) is 5.00. The lowest BCUT2D eigenvalue weighted by Crippen LogP contribution is -2.45. The van der Waals surface area contributed by atoms with Gasteiger partial charge in [-0.3, -0.25) is 14.5 Å². The van der Waals surface area contributed by atoms with E-state index in [2.05, 4.69) is 5.32 Å². The van der Waals surface area contributed by atoms with Gasteiger partial charge in [-0.1, -0.05) is 13.8 Å². The summed E-state index contributed by atoms with van der Waals surface area (Å²) in [5.74, 6) is -6.29. The fourth-order valence-electron chi connectivity index (χ4n) is 2.22. The molecule has 1 aromatic carbocycles. The minimum atomic E-state index is -1.68. The molecule has 1 unspecified atom stereocenters. The second-order valence-electron chi connectivity index (χ2n) is 5.00. The Morgan fingerprint density at radius 2 is 1.87 bits per heavy atom. The Morgan fingerprint density at radius 3 is 2.39 bits per heavy atom. The molecule has 0 aliphatic heterocycles. The van der Waals surface area contributed by atoms with Crippen LogP contribution >= 0.6 is 0 Å². The van der Waals surface area contributed by atoms with Crippen LogP contribution in [0.5, 0.6) is 0 Å². The fourth-order valence-corrected chi connectivity index (χ4v) is 2.22. The summed E-state index contributed by atoms with van der Waals surface area (Å²) in [5.41, 5.74) is -0.492. The number of anilines is 1. The van der Waals surface area contributed by atoms with Crippen LogP contribution in [-0.2, 0) is 9.59 Å². The second kappa shape index (κ2) is 8.52. The topological polar surface area (TPSA) is 69.6 Å². The highest BCUT2D eigenvalue weighted by atomic mass is 19.2. The number of nitrogens with one attached hydrogen (secondary N) is 1. The molecule has 1 atom stereocenters. The van der Waals surface area contributed by atoms with Gasteiger partial charge in [0, 0.05) is 0 Å². The normalized spacial score (nSPS) is 12.3. The maximum absolute atomic E-state index is 13.5. The molecular weight excluding hydrogens is 313 g/mol. The van der Waals surface area contributed by atoms with E-state index in [-0.39, 0.29) is 6.54 Å². The third-order valence-electron chi connectivity index (χ3n) is 3.28. The van der Waals surface area contributed by atoms with Gasteiger partial charge in [0.2, 0.25) is 5.91 Å². The van der Waals surface area contributed by atoms with E-state index < -0.39 is 41.1 Å². The molecule has 0 saturated heterocycles. The number of rotatable bonds is 8. The highest BCUT2D eigenvalue weighted by molar-refractivity contribution is 5.92. The lowest BCUT2D eigenvalue weighted by atomic mass is 10.2. The zero-order valence-corrected chi connectivity index (χ0v) is 12.9. The summed E-state index contributed by atoms with van der Waals surface area (Å²) < 4.78 is 39.5. The summed E-state index contributed by atoms with van der Waals surface area (Å²) in [4.78, 5) is 24.6. The van der Waals surface area contributed by atoms with Crippen molar-refractivity contribution in [1.82, 2.24) is 4.90 Å². The number of halogens is 3. The van der Waals surface area contributed by atoms with Crippen molar-refractivity contribution in [3.8, 4) is 0 Å². The first-order valence-electron chi connectivity index (χ1n) is 7.21. The van der Waals surface area contributed by atoms with Gasteiger partial charge in [-0.2, -0.15) is 0 Å². The lowest BCUT2D eigenvalue weighted by molar-refractivity contribution is -0.143. The number of carboxylic acid groups (broad SMARTS) is 1. The number of carbonyl (C=O) groups excluding carboxylic acids is 1. The van der Waals surface area contributed by atoms with Crippen LogP contribution in [0.2, 0.25) is 0 Å². The molecule has 0 bridgehead atoms. The summed E-state index contributed by atoms with van der Waals surface area (Å²) in [6, 6.07) is 0.754. The molecule has 23 heavy (non-hydrogen) atoms. The molecule has 5 nitrogen and oxygen atoms in total. The summed E-state index contributed by atoms with van der Waals surface area (Å²) in [7, 11) is 0. The van der Waals surface area contributed by atoms with Crippen LogP contribution in [0.25, 0.3) is 0 Å². The van der Waals surface area contributed by atoms with E-state index in [1.165, 1.54) is 4.90 Å². The third-order valence-corrected chi connectivity index (χ3v) is 3.28. The summed E-state index contributed by atoms with van der Waals surface area (Å²) in [5, 5.41) is 11.3. The number of carbonyl (C=O) groups is 2. The van der Waals surface area contributed by atoms with E-state index >= 15 is 0 Å². The molecule has 0 aromatic heterocycles. The minimum Gasteiger partial charge on any atom is -0.480 e. The Balaban J connectivity index is 2.84. The van der Waals surface area contributed by atoms with E-state index in [1.54, 1.807) is 6.92 Å². The Hall–Kier alpha value is -2.09. The van der Waals surface area contributed by atoms with E-state index in [0.29, 0.717) is 25.5 Å². The quantitative estimate of drug-likeness (QED) is 0.718. The van der Waals surface area contributed by atoms with Crippen molar-refractivity contribution in [2.75, 3.05) is 18.4 Å². The highest BCUT2D eigenvalue weighted by Crippen LogP contribution is 2.19. The Kier molecular flexibility index (Phi) is 7.02. The standard InChI is InChI=1S/C15H19F3N2O3/c1-3-7-20(11(4-2)15(22)23)8-12(21)19-10-6-5-9(16)13(17)14(10)18/h5-6,11H,3-4,7-8H2,1-2H3,(H,19,21)(H,22,23). The first-order valence-corrected chi connectivity index (χ1v) is 7.21. The van der Waals surface area contributed by atoms with Gasteiger partial charge in [0.1, 0.15) is 6.04 Å². The molecule has 1 amide bonds. The van der Waals surface area contributed by atoms with Crippen molar-refractivity contribution in [3.63, 3.8) is 0 Å². The van der Waals surface area contributed by atoms with Gasteiger partial charge in [0.25, 0.3) is 0 Å². The predicted molar refractivity (Wildman–Crippen MR) is 78.5 cm³/mol. The van der Waals surface area contributed by atoms with E-state index in [9.17, 15) is 22.8 Å². The predicted octanol–water partition coefficient (Wildman–Crippen LogP) is 2.62. The van der Waals surface area contributed by atoms with Crippen LogP contribution in [0, 0.1) is 17.5 Å². The Morgan fingerprint density at radius 1 is 1.22 bits per heavy atom. The molecule has 0 aliphatic carbocycles. The lowest BCUT2D eigenvalue weighted by Gasteiger charge is -2.27. The maximum Gasteiger partial charge on any atom is 0.320 e. The molecule has 128 valence electrons. The average molecular weight is 332 g/mol. The highest BCUT2D eigenvalue weighted by Gasteiger charge is 2.25. The molecular formula is C15H19F3N2O3. The van der Waals surface area contributed by atoms with Gasteiger partial charge < -0.3 is 10.4 Å². The van der Waals surface area contributed by atoms with Gasteiger partial charge >= 0.3 is 5.97 Å². The molecule has 0 radical (unpaired) electrons. The van der Waals surface area contributed by atoms with Gasteiger partial charge in [-0.05, 0) is 31.5 Å². The van der Waals surface area contributed by atoms with Gasteiger partial charge in [-0.25, -0.2) is 13.2 Å². The van der Waals surface area contributed by atoms with Crippen molar-refractivity contribution in [3.05, 3.63) is 29.6 Å². The SMILES string of the molecule is CCCN(CC(=O)Nc1ccc(F)c(F)c1F)C(CC)C(=O)O. The van der Waals surface area contributed by atoms with E-state index in [4.69, 9.17) is 5.11 Å². The maximum atomic E-state index is 13.5. The number of nitrogens with zero attached hydrogens (tertiary/aromatic N) is 1. The Labute approximate surface area is 132 Å². The average Bonchev–Trinajstić information content (AvgIpc) is 2.48. The zero-order chi connectivity index (χ0) is 17.6. The third kappa shape index (κ3) is 4.95. The van der Waals surface area contributed by atoms with Crippen molar-refractivity contribution in [2.24, 2.45) is 0 Å². The monoisotopic (exact) mass is 332 g/mol. The van der Waals surface area contributed by atoms with Crippen LogP contribution in [0.4, 0.5) is 18.9 Å². The van der Waals surface area contributed by atoms with Crippen molar-refractivity contribution < 1.29 is 27.9 Å². The van der Waals surface area contributed by atoms with Gasteiger partial charge in [-0.15, -0.1) is 0 Å². The number of hydrogen-bond acceptors (Lipinski definition) is 3. The summed E-state index contributed by atoms with van der Waals surface area (Å²) >= 11 is 0. The van der Waals surface area contributed by atoms with Crippen LogP contribution in [0.3, 0.4) is 0 Å². The summed E-state index contributed by atoms with van der Waals surface area (Å²) in [6.07, 6.45) is 0.915. The zero-order valence-electron chi connectivity index (χ0n) is 12.9. The van der Waals surface area contributed by atoms with Crippen molar-refractivity contribution >= 4 is 17.6 Å². The molecule has 0 saturated carbocycles. The van der Waals surface area contributed by atoms with Gasteiger partial charge in [0.05, 0.1) is 12.2 Å². The summed E-state index contributed by atoms with van der Waals surface area (Å²) in [6.45, 7) is 3.57. The molecule has 8 heteroatoms. The van der Waals surface area contributed by atoms with Gasteiger partial charge in [0.15, 0.2) is 17.5 Å².